The van der Waals surface area contributed by atoms with Crippen molar-refractivity contribution in [2.45, 2.75) is 44.7 Å². The lowest BCUT2D eigenvalue weighted by molar-refractivity contribution is 0.506. The van der Waals surface area contributed by atoms with Crippen LogP contribution in [0.25, 0.3) is 5.65 Å². The second-order valence-corrected chi connectivity index (χ2v) is 6.59. The number of nitrogens with zero attached hydrogens (tertiary/aromatic N) is 4. The van der Waals surface area contributed by atoms with Gasteiger partial charge < -0.3 is 15.1 Å². The van der Waals surface area contributed by atoms with Crippen molar-refractivity contribution in [2.24, 2.45) is 4.99 Å². The highest BCUT2D eigenvalue weighted by Gasteiger charge is 2.16. The minimum Gasteiger partial charge on any atom is -0.469 e. The fourth-order valence-electron chi connectivity index (χ4n) is 3.32. The van der Waals surface area contributed by atoms with Crippen molar-refractivity contribution in [3.63, 3.8) is 0 Å². The molecule has 27 heavy (non-hydrogen) atoms. The number of furan rings is 1. The van der Waals surface area contributed by atoms with Crippen LogP contribution in [-0.4, -0.2) is 33.1 Å². The molecule has 0 radical (unpaired) electrons. The normalized spacial score (nSPS) is 15.0. The summed E-state index contributed by atoms with van der Waals surface area (Å²) in [5.41, 5.74) is 0.841. The lowest BCUT2D eigenvalue weighted by Crippen LogP contribution is -2.43. The zero-order chi connectivity index (χ0) is 17.6. The Balaban J connectivity index is 0.00000210. The average Bonchev–Trinajstić information content (AvgIpc) is 3.42. The molecule has 2 N–H and O–H groups in total. The summed E-state index contributed by atoms with van der Waals surface area (Å²) in [6.07, 6.45) is 9.47. The molecule has 3 aromatic rings. The van der Waals surface area contributed by atoms with Crippen LogP contribution in [-0.2, 0) is 13.0 Å². The molecule has 3 aromatic heterocycles. The van der Waals surface area contributed by atoms with Crippen LogP contribution in [0.4, 0.5) is 0 Å². The molecule has 0 atom stereocenters. The van der Waals surface area contributed by atoms with Crippen LogP contribution in [0.2, 0.25) is 0 Å². The van der Waals surface area contributed by atoms with Crippen molar-refractivity contribution in [3.8, 4) is 0 Å². The summed E-state index contributed by atoms with van der Waals surface area (Å²) in [5.74, 6) is 2.64. The molecule has 8 heteroatoms. The van der Waals surface area contributed by atoms with Crippen LogP contribution in [0.15, 0.2) is 52.2 Å². The molecule has 0 unspecified atom stereocenters. The standard InChI is InChI=1S/C19H24N6O.HI/c1-2-7-15(6-1)22-19(20-11-10-16-8-5-13-26-16)21-14-18-24-23-17-9-3-4-12-25(17)18;/h3-5,8-9,12-13,15H,1-2,6-7,10-11,14H2,(H2,20,21,22);1H. The first kappa shape index (κ1) is 19.7. The summed E-state index contributed by atoms with van der Waals surface area (Å²) >= 11 is 0. The van der Waals surface area contributed by atoms with Gasteiger partial charge in [-0.1, -0.05) is 18.9 Å². The highest BCUT2D eigenvalue weighted by atomic mass is 127. The Morgan fingerprint density at radius 2 is 2.07 bits per heavy atom. The van der Waals surface area contributed by atoms with Crippen molar-refractivity contribution < 1.29 is 4.42 Å². The number of pyridine rings is 1. The van der Waals surface area contributed by atoms with E-state index in [9.17, 15) is 0 Å². The molecule has 1 fully saturated rings. The Bertz CT molecular complexity index is 854. The molecule has 3 heterocycles. The van der Waals surface area contributed by atoms with Crippen molar-refractivity contribution in [1.29, 1.82) is 0 Å². The monoisotopic (exact) mass is 480 g/mol. The second-order valence-electron chi connectivity index (χ2n) is 6.59. The summed E-state index contributed by atoms with van der Waals surface area (Å²) < 4.78 is 7.37. The molecular weight excluding hydrogens is 455 g/mol. The third-order valence-corrected chi connectivity index (χ3v) is 4.70. The molecule has 144 valence electrons. The van der Waals surface area contributed by atoms with E-state index in [4.69, 9.17) is 9.41 Å². The summed E-state index contributed by atoms with van der Waals surface area (Å²) in [7, 11) is 0. The quantitative estimate of drug-likeness (QED) is 0.322. The van der Waals surface area contributed by atoms with Gasteiger partial charge in [0.1, 0.15) is 12.3 Å². The SMILES string of the molecule is I.c1coc(CCNC(=NCc2nnc3ccccn23)NC2CCCC2)c1. The van der Waals surface area contributed by atoms with E-state index in [1.54, 1.807) is 6.26 Å². The topological polar surface area (TPSA) is 79.8 Å². The Hall–Kier alpha value is -2.10. The van der Waals surface area contributed by atoms with Gasteiger partial charge in [-0.15, -0.1) is 34.2 Å². The van der Waals surface area contributed by atoms with E-state index in [2.05, 4.69) is 20.8 Å². The number of hydrogen-bond donors (Lipinski definition) is 2. The van der Waals surface area contributed by atoms with E-state index in [0.717, 1.165) is 36.2 Å². The smallest absolute Gasteiger partial charge is 0.191 e. The number of hydrogen-bond acceptors (Lipinski definition) is 4. The predicted octanol–water partition coefficient (Wildman–Crippen LogP) is 3.16. The molecular formula is C19H25IN6O. The minimum atomic E-state index is 0. The van der Waals surface area contributed by atoms with E-state index >= 15 is 0 Å². The van der Waals surface area contributed by atoms with Gasteiger partial charge in [0, 0.05) is 25.2 Å². The number of fused-ring (bicyclic) bond motifs is 1. The molecule has 0 aliphatic heterocycles. The molecule has 0 saturated heterocycles. The van der Waals surface area contributed by atoms with Crippen LogP contribution < -0.4 is 10.6 Å². The second kappa shape index (κ2) is 9.72. The lowest BCUT2D eigenvalue weighted by Gasteiger charge is -2.17. The van der Waals surface area contributed by atoms with Crippen molar-refractivity contribution in [2.75, 3.05) is 6.54 Å². The van der Waals surface area contributed by atoms with E-state index in [-0.39, 0.29) is 24.0 Å². The Kier molecular flexibility index (Phi) is 7.08. The molecule has 1 aliphatic rings. The first-order valence-electron chi connectivity index (χ1n) is 9.24. The number of aromatic nitrogens is 3. The minimum absolute atomic E-state index is 0. The van der Waals surface area contributed by atoms with Gasteiger partial charge in [-0.3, -0.25) is 4.40 Å². The zero-order valence-corrected chi connectivity index (χ0v) is 17.5. The van der Waals surface area contributed by atoms with Crippen LogP contribution in [0.1, 0.15) is 37.3 Å². The summed E-state index contributed by atoms with van der Waals surface area (Å²) in [6.45, 7) is 1.25. The Morgan fingerprint density at radius 1 is 1.19 bits per heavy atom. The number of halogens is 1. The Labute approximate surface area is 175 Å². The Morgan fingerprint density at radius 3 is 2.89 bits per heavy atom. The zero-order valence-electron chi connectivity index (χ0n) is 15.2. The summed E-state index contributed by atoms with van der Waals surface area (Å²) in [4.78, 5) is 4.74. The largest absolute Gasteiger partial charge is 0.469 e. The molecule has 0 aromatic carbocycles. The van der Waals surface area contributed by atoms with Crippen molar-refractivity contribution in [3.05, 3.63) is 54.4 Å². The van der Waals surface area contributed by atoms with Gasteiger partial charge in [-0.2, -0.15) is 0 Å². The van der Waals surface area contributed by atoms with Gasteiger partial charge in [0.25, 0.3) is 0 Å². The van der Waals surface area contributed by atoms with Gasteiger partial charge in [0.2, 0.25) is 0 Å². The maximum atomic E-state index is 5.39. The maximum Gasteiger partial charge on any atom is 0.191 e. The molecule has 1 saturated carbocycles. The molecule has 0 bridgehead atoms. The fraction of sp³-hybridized carbons (Fsp3) is 0.421. The van der Waals surface area contributed by atoms with Crippen LogP contribution >= 0.6 is 24.0 Å². The third kappa shape index (κ3) is 5.21. The molecule has 1 aliphatic carbocycles. The summed E-state index contributed by atoms with van der Waals surface area (Å²) in [6, 6.07) is 10.3. The van der Waals surface area contributed by atoms with Gasteiger partial charge >= 0.3 is 0 Å². The molecule has 0 amide bonds. The third-order valence-electron chi connectivity index (χ3n) is 4.70. The highest BCUT2D eigenvalue weighted by molar-refractivity contribution is 14.0. The molecule has 0 spiro atoms. The predicted molar refractivity (Wildman–Crippen MR) is 115 cm³/mol. The number of nitrogens with one attached hydrogen (secondary N) is 2. The summed E-state index contributed by atoms with van der Waals surface area (Å²) in [5, 5.41) is 15.4. The first-order valence-corrected chi connectivity index (χ1v) is 9.24. The number of aliphatic imine (C=N–C) groups is 1. The van der Waals surface area contributed by atoms with E-state index in [0.29, 0.717) is 12.6 Å². The van der Waals surface area contributed by atoms with E-state index in [1.807, 2.05) is 40.9 Å². The maximum absolute atomic E-state index is 5.39. The van der Waals surface area contributed by atoms with Crippen molar-refractivity contribution >= 4 is 35.6 Å². The van der Waals surface area contributed by atoms with E-state index in [1.165, 1.54) is 25.7 Å². The number of rotatable bonds is 6. The van der Waals surface area contributed by atoms with Gasteiger partial charge in [-0.25, -0.2) is 4.99 Å². The molecule has 4 rings (SSSR count). The van der Waals surface area contributed by atoms with Crippen LogP contribution in [0.3, 0.4) is 0 Å². The van der Waals surface area contributed by atoms with E-state index < -0.39 is 0 Å². The van der Waals surface area contributed by atoms with Gasteiger partial charge in [0.15, 0.2) is 17.4 Å². The fourth-order valence-corrected chi connectivity index (χ4v) is 3.32. The van der Waals surface area contributed by atoms with Gasteiger partial charge in [0.05, 0.1) is 6.26 Å². The average molecular weight is 480 g/mol. The van der Waals surface area contributed by atoms with Crippen LogP contribution in [0.5, 0.6) is 0 Å². The van der Waals surface area contributed by atoms with Crippen LogP contribution in [0, 0.1) is 0 Å². The van der Waals surface area contributed by atoms with Gasteiger partial charge in [-0.05, 0) is 37.1 Å². The van der Waals surface area contributed by atoms with Crippen molar-refractivity contribution in [1.82, 2.24) is 25.2 Å². The first-order chi connectivity index (χ1) is 12.9. The lowest BCUT2D eigenvalue weighted by atomic mass is 10.2. The molecule has 7 nitrogen and oxygen atoms in total. The highest BCUT2D eigenvalue weighted by Crippen LogP contribution is 2.17. The number of guanidine groups is 1.